The second-order valence-electron chi connectivity index (χ2n) is 6.10. The topological polar surface area (TPSA) is 72.3 Å². The summed E-state index contributed by atoms with van der Waals surface area (Å²) < 4.78 is 7.36. The van der Waals surface area contributed by atoms with E-state index in [2.05, 4.69) is 44.1 Å². The van der Waals surface area contributed by atoms with Crippen molar-refractivity contribution in [2.75, 3.05) is 7.05 Å². The standard InChI is InChI=1S/C18H18N6O/c1-13-6-8-24-11-14(20-16(24)9-13)10-23(2)12-17-21-18(22-25-17)15-5-3-4-7-19-15/h3-9,11H,10,12H2,1-2H3. The van der Waals surface area contributed by atoms with Crippen LogP contribution in [-0.4, -0.2) is 36.5 Å². The summed E-state index contributed by atoms with van der Waals surface area (Å²) in [6, 6.07) is 9.75. The maximum atomic E-state index is 5.33. The summed E-state index contributed by atoms with van der Waals surface area (Å²) in [6.07, 6.45) is 5.78. The van der Waals surface area contributed by atoms with E-state index in [4.69, 9.17) is 4.52 Å². The summed E-state index contributed by atoms with van der Waals surface area (Å²) in [5, 5.41) is 4.00. The van der Waals surface area contributed by atoms with Crippen LogP contribution in [0.15, 0.2) is 53.4 Å². The zero-order valence-electron chi connectivity index (χ0n) is 14.1. The Labute approximate surface area is 145 Å². The molecule has 0 saturated heterocycles. The molecule has 0 amide bonds. The first-order valence-electron chi connectivity index (χ1n) is 8.04. The molecule has 0 radical (unpaired) electrons. The van der Waals surface area contributed by atoms with E-state index in [9.17, 15) is 0 Å². The van der Waals surface area contributed by atoms with Crippen LogP contribution >= 0.6 is 0 Å². The van der Waals surface area contributed by atoms with Gasteiger partial charge >= 0.3 is 0 Å². The van der Waals surface area contributed by atoms with E-state index in [1.54, 1.807) is 6.20 Å². The van der Waals surface area contributed by atoms with Crippen molar-refractivity contribution in [1.29, 1.82) is 0 Å². The average Bonchev–Trinajstić information content (AvgIpc) is 3.21. The summed E-state index contributed by atoms with van der Waals surface area (Å²) in [4.78, 5) is 15.4. The Hall–Kier alpha value is -3.06. The van der Waals surface area contributed by atoms with Crippen molar-refractivity contribution < 1.29 is 4.52 Å². The fourth-order valence-corrected chi connectivity index (χ4v) is 2.69. The Kier molecular flexibility index (Phi) is 3.99. The number of pyridine rings is 2. The lowest BCUT2D eigenvalue weighted by Crippen LogP contribution is -2.17. The molecule has 0 aliphatic heterocycles. The zero-order chi connectivity index (χ0) is 17.2. The lowest BCUT2D eigenvalue weighted by atomic mass is 10.3. The SMILES string of the molecule is Cc1ccn2cc(CN(C)Cc3nc(-c4ccccn4)no3)nc2c1. The van der Waals surface area contributed by atoms with Gasteiger partial charge in [-0.05, 0) is 43.8 Å². The average molecular weight is 334 g/mol. The third-order valence-electron chi connectivity index (χ3n) is 3.86. The third kappa shape index (κ3) is 3.41. The number of imidazole rings is 1. The zero-order valence-corrected chi connectivity index (χ0v) is 14.1. The third-order valence-corrected chi connectivity index (χ3v) is 3.86. The van der Waals surface area contributed by atoms with Crippen molar-refractivity contribution in [3.8, 4) is 11.5 Å². The number of aromatic nitrogens is 5. The first-order chi connectivity index (χ1) is 12.2. The molecule has 4 aromatic heterocycles. The van der Waals surface area contributed by atoms with Crippen LogP contribution < -0.4 is 0 Å². The van der Waals surface area contributed by atoms with Crippen LogP contribution in [0.25, 0.3) is 17.2 Å². The summed E-state index contributed by atoms with van der Waals surface area (Å²) in [5.41, 5.74) is 3.86. The van der Waals surface area contributed by atoms with Crippen LogP contribution in [0.4, 0.5) is 0 Å². The molecule has 0 spiro atoms. The summed E-state index contributed by atoms with van der Waals surface area (Å²) in [7, 11) is 2.00. The van der Waals surface area contributed by atoms with Gasteiger partial charge in [-0.3, -0.25) is 9.88 Å². The maximum absolute atomic E-state index is 5.33. The monoisotopic (exact) mass is 334 g/mol. The maximum Gasteiger partial charge on any atom is 0.241 e. The fourth-order valence-electron chi connectivity index (χ4n) is 2.69. The molecule has 0 bridgehead atoms. The number of rotatable bonds is 5. The van der Waals surface area contributed by atoms with E-state index in [1.165, 1.54) is 5.56 Å². The van der Waals surface area contributed by atoms with Crippen molar-refractivity contribution in [1.82, 2.24) is 29.4 Å². The highest BCUT2D eigenvalue weighted by molar-refractivity contribution is 5.47. The molecule has 126 valence electrons. The Morgan fingerprint density at radius 2 is 2.08 bits per heavy atom. The molecule has 4 heterocycles. The van der Waals surface area contributed by atoms with Crippen LogP contribution in [0.1, 0.15) is 17.1 Å². The number of nitrogens with zero attached hydrogens (tertiary/aromatic N) is 6. The molecule has 0 unspecified atom stereocenters. The molecule has 0 aliphatic carbocycles. The summed E-state index contributed by atoms with van der Waals surface area (Å²) >= 11 is 0. The Balaban J connectivity index is 1.45. The molecular formula is C18H18N6O. The fraction of sp³-hybridized carbons (Fsp3) is 0.222. The van der Waals surface area contributed by atoms with Crippen LogP contribution in [-0.2, 0) is 13.1 Å². The molecule has 0 fully saturated rings. The van der Waals surface area contributed by atoms with E-state index >= 15 is 0 Å². The van der Waals surface area contributed by atoms with Gasteiger partial charge < -0.3 is 8.92 Å². The van der Waals surface area contributed by atoms with Gasteiger partial charge in [-0.15, -0.1) is 0 Å². The van der Waals surface area contributed by atoms with Gasteiger partial charge in [0.1, 0.15) is 11.3 Å². The van der Waals surface area contributed by atoms with Gasteiger partial charge in [-0.2, -0.15) is 4.98 Å². The normalized spacial score (nSPS) is 11.5. The predicted molar refractivity (Wildman–Crippen MR) is 92.6 cm³/mol. The summed E-state index contributed by atoms with van der Waals surface area (Å²) in [6.45, 7) is 3.31. The lowest BCUT2D eigenvalue weighted by molar-refractivity contribution is 0.259. The van der Waals surface area contributed by atoms with Crippen LogP contribution in [0.3, 0.4) is 0 Å². The molecule has 4 rings (SSSR count). The van der Waals surface area contributed by atoms with Gasteiger partial charge in [-0.25, -0.2) is 4.98 Å². The van der Waals surface area contributed by atoms with Gasteiger partial charge in [-0.1, -0.05) is 11.2 Å². The molecule has 4 aromatic rings. The van der Waals surface area contributed by atoms with Gasteiger partial charge in [0.2, 0.25) is 11.7 Å². The van der Waals surface area contributed by atoms with E-state index in [0.29, 0.717) is 30.5 Å². The molecule has 0 aliphatic rings. The minimum atomic E-state index is 0.507. The highest BCUT2D eigenvalue weighted by Gasteiger charge is 2.12. The van der Waals surface area contributed by atoms with Crippen molar-refractivity contribution in [3.05, 3.63) is 66.1 Å². The van der Waals surface area contributed by atoms with E-state index in [0.717, 1.165) is 11.3 Å². The largest absolute Gasteiger partial charge is 0.337 e. The molecule has 0 N–H and O–H groups in total. The second-order valence-corrected chi connectivity index (χ2v) is 6.10. The quantitative estimate of drug-likeness (QED) is 0.559. The van der Waals surface area contributed by atoms with Gasteiger partial charge in [0.25, 0.3) is 0 Å². The molecule has 7 heteroatoms. The van der Waals surface area contributed by atoms with E-state index in [1.807, 2.05) is 42.0 Å². The first kappa shape index (κ1) is 15.5. The van der Waals surface area contributed by atoms with Crippen molar-refractivity contribution in [2.45, 2.75) is 20.0 Å². The van der Waals surface area contributed by atoms with Crippen LogP contribution in [0.5, 0.6) is 0 Å². The van der Waals surface area contributed by atoms with Crippen molar-refractivity contribution in [2.24, 2.45) is 0 Å². The van der Waals surface area contributed by atoms with E-state index < -0.39 is 0 Å². The molecule has 25 heavy (non-hydrogen) atoms. The minimum Gasteiger partial charge on any atom is -0.337 e. The van der Waals surface area contributed by atoms with Gasteiger partial charge in [0, 0.05) is 25.1 Å². The molecular weight excluding hydrogens is 316 g/mol. The van der Waals surface area contributed by atoms with Crippen molar-refractivity contribution >= 4 is 5.65 Å². The number of hydrogen-bond acceptors (Lipinski definition) is 6. The van der Waals surface area contributed by atoms with E-state index in [-0.39, 0.29) is 0 Å². The second kappa shape index (κ2) is 6.45. The Morgan fingerprint density at radius 1 is 1.16 bits per heavy atom. The Bertz CT molecular complexity index is 991. The van der Waals surface area contributed by atoms with Gasteiger partial charge in [0.15, 0.2) is 0 Å². The van der Waals surface area contributed by atoms with Crippen molar-refractivity contribution in [3.63, 3.8) is 0 Å². The minimum absolute atomic E-state index is 0.507. The predicted octanol–water partition coefficient (Wildman–Crippen LogP) is 2.72. The van der Waals surface area contributed by atoms with Gasteiger partial charge in [0.05, 0.1) is 12.2 Å². The molecule has 0 aromatic carbocycles. The van der Waals surface area contributed by atoms with Crippen LogP contribution in [0, 0.1) is 6.92 Å². The van der Waals surface area contributed by atoms with Crippen LogP contribution in [0.2, 0.25) is 0 Å². The summed E-state index contributed by atoms with van der Waals surface area (Å²) in [5.74, 6) is 1.06. The first-order valence-corrected chi connectivity index (χ1v) is 8.04. The highest BCUT2D eigenvalue weighted by atomic mass is 16.5. The highest BCUT2D eigenvalue weighted by Crippen LogP contribution is 2.14. The number of aryl methyl sites for hydroxylation is 1. The molecule has 0 saturated carbocycles. The lowest BCUT2D eigenvalue weighted by Gasteiger charge is -2.11. The number of hydrogen-bond donors (Lipinski definition) is 0. The molecule has 7 nitrogen and oxygen atoms in total. The Morgan fingerprint density at radius 3 is 2.92 bits per heavy atom. The smallest absolute Gasteiger partial charge is 0.241 e. The number of fused-ring (bicyclic) bond motifs is 1. The molecule has 0 atom stereocenters.